The lowest BCUT2D eigenvalue weighted by Gasteiger charge is -2.31. The van der Waals surface area contributed by atoms with Gasteiger partial charge < -0.3 is 9.47 Å². The Morgan fingerprint density at radius 3 is 2.95 bits per heavy atom. The Hall–Kier alpha value is -1.32. The number of halogens is 2. The zero-order valence-electron chi connectivity index (χ0n) is 12.1. The minimum Gasteiger partial charge on any atom is -0.471 e. The number of sulfonamides is 1. The normalized spacial score (nSPS) is 20.3. The number of alkyl halides is 2. The average Bonchev–Trinajstić information content (AvgIpc) is 2.53. The number of hydrogen-bond donors (Lipinski definition) is 0. The molecule has 0 aliphatic carbocycles. The van der Waals surface area contributed by atoms with E-state index in [0.29, 0.717) is 13.0 Å². The van der Waals surface area contributed by atoms with Crippen LogP contribution in [0.25, 0.3) is 0 Å². The van der Waals surface area contributed by atoms with Gasteiger partial charge in [0.05, 0.1) is 6.10 Å². The van der Waals surface area contributed by atoms with Crippen molar-refractivity contribution in [3.05, 3.63) is 18.3 Å². The number of rotatable bonds is 6. The second-order valence-corrected chi connectivity index (χ2v) is 6.78. The van der Waals surface area contributed by atoms with E-state index in [9.17, 15) is 17.2 Å². The summed E-state index contributed by atoms with van der Waals surface area (Å²) in [7, 11) is -2.33. The third-order valence-corrected chi connectivity index (χ3v) is 5.25. The third-order valence-electron chi connectivity index (χ3n) is 3.37. The molecule has 0 aromatic carbocycles. The summed E-state index contributed by atoms with van der Waals surface area (Å²) in [5.41, 5.74) is 0. The average molecular weight is 336 g/mol. The van der Waals surface area contributed by atoms with Crippen LogP contribution in [0.2, 0.25) is 0 Å². The fourth-order valence-electron chi connectivity index (χ4n) is 2.28. The first kappa shape index (κ1) is 17.0. The summed E-state index contributed by atoms with van der Waals surface area (Å²) < 4.78 is 61.2. The van der Waals surface area contributed by atoms with E-state index in [1.165, 1.54) is 29.7 Å². The van der Waals surface area contributed by atoms with Crippen molar-refractivity contribution < 1.29 is 26.7 Å². The van der Waals surface area contributed by atoms with Gasteiger partial charge in [-0.1, -0.05) is 0 Å². The molecule has 124 valence electrons. The lowest BCUT2D eigenvalue weighted by atomic mass is 10.1. The zero-order chi connectivity index (χ0) is 16.2. The molecule has 6 nitrogen and oxygen atoms in total. The van der Waals surface area contributed by atoms with Crippen molar-refractivity contribution >= 4 is 10.0 Å². The van der Waals surface area contributed by atoms with Gasteiger partial charge in [-0.3, -0.25) is 0 Å². The second kappa shape index (κ2) is 7.30. The van der Waals surface area contributed by atoms with Gasteiger partial charge in [-0.25, -0.2) is 22.2 Å². The summed E-state index contributed by atoms with van der Waals surface area (Å²) in [6.07, 6.45) is -0.125. The maximum Gasteiger partial charge on any atom is 0.272 e. The van der Waals surface area contributed by atoms with E-state index in [1.807, 2.05) is 0 Å². The molecule has 1 fully saturated rings. The molecular weight excluding hydrogens is 318 g/mol. The van der Waals surface area contributed by atoms with Crippen LogP contribution < -0.4 is 4.74 Å². The van der Waals surface area contributed by atoms with Gasteiger partial charge in [0, 0.05) is 26.4 Å². The predicted molar refractivity (Wildman–Crippen MR) is 74.5 cm³/mol. The summed E-state index contributed by atoms with van der Waals surface area (Å²) >= 11 is 0. The molecular formula is C13H18F2N2O4S. The Kier molecular flexibility index (Phi) is 5.65. The van der Waals surface area contributed by atoms with E-state index in [-0.39, 0.29) is 23.4 Å². The molecule has 1 aromatic heterocycles. The predicted octanol–water partition coefficient (Wildman–Crippen LogP) is 1.53. The number of nitrogens with zero attached hydrogens (tertiary/aromatic N) is 2. The van der Waals surface area contributed by atoms with E-state index < -0.39 is 23.1 Å². The Balaban J connectivity index is 2.25. The molecule has 1 saturated heterocycles. The molecule has 2 heterocycles. The van der Waals surface area contributed by atoms with Crippen molar-refractivity contribution in [1.82, 2.24) is 9.29 Å². The molecule has 0 saturated carbocycles. The molecule has 1 aliphatic rings. The molecule has 1 aromatic rings. The molecule has 0 bridgehead atoms. The van der Waals surface area contributed by atoms with Crippen LogP contribution in [-0.4, -0.2) is 57.0 Å². The SMILES string of the molecule is COC1CCCN(S(=O)(=O)c2cccnc2OCC(F)F)C1. The van der Waals surface area contributed by atoms with Crippen molar-refractivity contribution in [2.24, 2.45) is 0 Å². The van der Waals surface area contributed by atoms with Crippen LogP contribution >= 0.6 is 0 Å². The molecule has 0 amide bonds. The number of hydrogen-bond acceptors (Lipinski definition) is 5. The fraction of sp³-hybridized carbons (Fsp3) is 0.615. The van der Waals surface area contributed by atoms with Crippen LogP contribution in [0, 0.1) is 0 Å². The van der Waals surface area contributed by atoms with Crippen LogP contribution in [0.15, 0.2) is 23.2 Å². The maximum atomic E-state index is 12.7. The number of pyridine rings is 1. The van der Waals surface area contributed by atoms with Gasteiger partial charge in [-0.15, -0.1) is 0 Å². The van der Waals surface area contributed by atoms with Crippen molar-refractivity contribution in [3.63, 3.8) is 0 Å². The van der Waals surface area contributed by atoms with Gasteiger partial charge in [-0.2, -0.15) is 4.31 Å². The summed E-state index contributed by atoms with van der Waals surface area (Å²) in [5.74, 6) is -0.303. The molecule has 22 heavy (non-hydrogen) atoms. The van der Waals surface area contributed by atoms with E-state index in [2.05, 4.69) is 4.98 Å². The Labute approximate surface area is 128 Å². The van der Waals surface area contributed by atoms with Crippen LogP contribution in [-0.2, 0) is 14.8 Å². The smallest absolute Gasteiger partial charge is 0.272 e. The highest BCUT2D eigenvalue weighted by Crippen LogP contribution is 2.27. The van der Waals surface area contributed by atoms with Gasteiger partial charge in [0.2, 0.25) is 15.9 Å². The summed E-state index contributed by atoms with van der Waals surface area (Å²) in [4.78, 5) is 3.56. The van der Waals surface area contributed by atoms with Gasteiger partial charge in [0.25, 0.3) is 6.43 Å². The lowest BCUT2D eigenvalue weighted by molar-refractivity contribution is 0.0569. The molecule has 1 aliphatic heterocycles. The standard InChI is InChI=1S/C13H18F2N2O4S/c1-20-10-4-3-7-17(8-10)22(18,19)11-5-2-6-16-13(11)21-9-12(14)15/h2,5-6,10,12H,3-4,7-9H2,1H3. The maximum absolute atomic E-state index is 12.7. The highest BCUT2D eigenvalue weighted by atomic mass is 32.2. The first-order chi connectivity index (χ1) is 10.4. The Morgan fingerprint density at radius 1 is 1.50 bits per heavy atom. The highest BCUT2D eigenvalue weighted by molar-refractivity contribution is 7.89. The van der Waals surface area contributed by atoms with E-state index in [0.717, 1.165) is 6.42 Å². The molecule has 0 N–H and O–H groups in total. The van der Waals surface area contributed by atoms with Gasteiger partial charge in [-0.05, 0) is 25.0 Å². The minimum absolute atomic E-state index is 0.175. The van der Waals surface area contributed by atoms with Crippen molar-refractivity contribution in [3.8, 4) is 5.88 Å². The third kappa shape index (κ3) is 3.90. The molecule has 9 heteroatoms. The largest absolute Gasteiger partial charge is 0.471 e. The van der Waals surface area contributed by atoms with Crippen LogP contribution in [0.3, 0.4) is 0 Å². The monoisotopic (exact) mass is 336 g/mol. The van der Waals surface area contributed by atoms with Gasteiger partial charge >= 0.3 is 0 Å². The van der Waals surface area contributed by atoms with Gasteiger partial charge in [0.1, 0.15) is 4.90 Å². The van der Waals surface area contributed by atoms with Gasteiger partial charge in [0.15, 0.2) is 6.61 Å². The van der Waals surface area contributed by atoms with Crippen LogP contribution in [0.4, 0.5) is 8.78 Å². The molecule has 0 spiro atoms. The fourth-order valence-corrected chi connectivity index (χ4v) is 3.87. The van der Waals surface area contributed by atoms with Crippen molar-refractivity contribution in [2.75, 3.05) is 26.8 Å². The first-order valence-corrected chi connectivity index (χ1v) is 8.28. The zero-order valence-corrected chi connectivity index (χ0v) is 12.9. The number of aromatic nitrogens is 1. The first-order valence-electron chi connectivity index (χ1n) is 6.84. The van der Waals surface area contributed by atoms with Crippen LogP contribution in [0.5, 0.6) is 5.88 Å². The van der Waals surface area contributed by atoms with E-state index >= 15 is 0 Å². The number of piperidine rings is 1. The summed E-state index contributed by atoms with van der Waals surface area (Å²) in [5, 5.41) is 0. The molecule has 0 radical (unpaired) electrons. The summed E-state index contributed by atoms with van der Waals surface area (Å²) in [6, 6.07) is 2.74. The Bertz CT molecular complexity index is 597. The second-order valence-electron chi connectivity index (χ2n) is 4.87. The molecule has 1 unspecified atom stereocenters. The van der Waals surface area contributed by atoms with E-state index in [4.69, 9.17) is 9.47 Å². The lowest BCUT2D eigenvalue weighted by Crippen LogP contribution is -2.42. The highest BCUT2D eigenvalue weighted by Gasteiger charge is 2.33. The number of methoxy groups -OCH3 is 1. The minimum atomic E-state index is -3.86. The topological polar surface area (TPSA) is 68.7 Å². The Morgan fingerprint density at radius 2 is 2.27 bits per heavy atom. The van der Waals surface area contributed by atoms with E-state index in [1.54, 1.807) is 0 Å². The quantitative estimate of drug-likeness (QED) is 0.788. The van der Waals surface area contributed by atoms with Crippen molar-refractivity contribution in [1.29, 1.82) is 0 Å². The van der Waals surface area contributed by atoms with Crippen LogP contribution in [0.1, 0.15) is 12.8 Å². The molecule has 1 atom stereocenters. The molecule has 2 rings (SSSR count). The number of ether oxygens (including phenoxy) is 2. The van der Waals surface area contributed by atoms with Crippen molar-refractivity contribution in [2.45, 2.75) is 30.3 Å². The summed E-state index contributed by atoms with van der Waals surface area (Å²) in [6.45, 7) is -0.326.